The molecule has 0 radical (unpaired) electrons. The number of nitrogens with zero attached hydrogens (tertiary/aromatic N) is 2. The van der Waals surface area contributed by atoms with Crippen LogP contribution in [0, 0.1) is 0 Å². The van der Waals surface area contributed by atoms with E-state index >= 15 is 0 Å². The third-order valence-corrected chi connectivity index (χ3v) is 8.75. The van der Waals surface area contributed by atoms with E-state index in [0.29, 0.717) is 12.4 Å². The van der Waals surface area contributed by atoms with Gasteiger partial charge >= 0.3 is 0 Å². The minimum atomic E-state index is -0.206. The molecule has 0 aliphatic carbocycles. The number of benzene rings is 4. The van der Waals surface area contributed by atoms with Crippen LogP contribution < -0.4 is 14.9 Å². The van der Waals surface area contributed by atoms with Crippen LogP contribution in [0.5, 0.6) is 11.5 Å². The van der Waals surface area contributed by atoms with E-state index < -0.39 is 0 Å². The maximum atomic E-state index is 12.7. The van der Waals surface area contributed by atoms with E-state index in [-0.39, 0.29) is 17.6 Å². The molecule has 0 fully saturated rings. The first kappa shape index (κ1) is 26.8. The van der Waals surface area contributed by atoms with Gasteiger partial charge in [-0.05, 0) is 55.0 Å². The highest BCUT2D eigenvalue weighted by Gasteiger charge is 2.31. The lowest BCUT2D eigenvalue weighted by atomic mass is 9.81. The Morgan fingerprint density at radius 1 is 1.00 bits per heavy atom. The average Bonchev–Trinajstić information content (AvgIpc) is 3.44. The van der Waals surface area contributed by atoms with Crippen molar-refractivity contribution in [1.82, 2.24) is 10.4 Å². The molecule has 0 saturated heterocycles. The Morgan fingerprint density at radius 3 is 2.56 bits per heavy atom. The van der Waals surface area contributed by atoms with Crippen molar-refractivity contribution >= 4 is 51.2 Å². The van der Waals surface area contributed by atoms with Crippen LogP contribution in [0.25, 0.3) is 16.0 Å². The number of para-hydroxylation sites is 2. The molecule has 6 nitrogen and oxygen atoms in total. The van der Waals surface area contributed by atoms with Crippen LogP contribution in [0.4, 0.5) is 0 Å². The van der Waals surface area contributed by atoms with Gasteiger partial charge in [-0.25, -0.2) is 10.4 Å². The molecule has 1 aliphatic heterocycles. The van der Waals surface area contributed by atoms with Crippen LogP contribution in [0.3, 0.4) is 0 Å². The molecule has 204 valence electrons. The predicted molar refractivity (Wildman–Crippen MR) is 167 cm³/mol. The highest BCUT2D eigenvalue weighted by Crippen LogP contribution is 2.45. The molecule has 0 bridgehead atoms. The number of hydrazone groups is 1. The van der Waals surface area contributed by atoms with E-state index in [9.17, 15) is 4.79 Å². The summed E-state index contributed by atoms with van der Waals surface area (Å²) in [5.41, 5.74) is 7.52. The van der Waals surface area contributed by atoms with Gasteiger partial charge in [-0.2, -0.15) is 5.10 Å². The number of aromatic nitrogens is 1. The van der Waals surface area contributed by atoms with E-state index in [0.717, 1.165) is 48.3 Å². The molecule has 1 aliphatic rings. The third-order valence-electron chi connectivity index (χ3n) is 6.57. The number of hydrogen-bond donors (Lipinski definition) is 1. The normalized spacial score (nSPS) is 14.6. The fourth-order valence-electron chi connectivity index (χ4n) is 4.76. The molecule has 6 rings (SSSR count). The second-order valence-corrected chi connectivity index (χ2v) is 11.5. The summed E-state index contributed by atoms with van der Waals surface area (Å²) in [6.45, 7) is 2.55. The van der Waals surface area contributed by atoms with E-state index in [1.807, 2.05) is 91.9 Å². The van der Waals surface area contributed by atoms with Crippen molar-refractivity contribution in [2.24, 2.45) is 5.10 Å². The molecule has 5 aromatic rings. The summed E-state index contributed by atoms with van der Waals surface area (Å²) in [4.78, 5) is 17.3. The zero-order chi connectivity index (χ0) is 28.0. The van der Waals surface area contributed by atoms with Gasteiger partial charge in [0.25, 0.3) is 5.91 Å². The lowest BCUT2D eigenvalue weighted by Gasteiger charge is -2.30. The number of thiazole rings is 1. The lowest BCUT2D eigenvalue weighted by molar-refractivity contribution is -0.118. The molecule has 1 atom stereocenters. The monoisotopic (exact) mass is 577 g/mol. The smallest absolute Gasteiger partial charge is 0.250 e. The van der Waals surface area contributed by atoms with Gasteiger partial charge in [-0.1, -0.05) is 72.4 Å². The number of fused-ring (bicyclic) bond motifs is 2. The Hall–Kier alpha value is -4.40. The quantitative estimate of drug-likeness (QED) is 0.111. The van der Waals surface area contributed by atoms with Crippen LogP contribution in [0.15, 0.2) is 118 Å². The zero-order valence-electron chi connectivity index (χ0n) is 22.3. The first-order chi connectivity index (χ1) is 20.2. The number of allylic oxidation sites excluding steroid dienone is 1. The molecule has 8 heteroatoms. The standard InChI is InChI=1S/C33H27N3O3S2/c1-2-38-24-18-16-23(17-19-24)32-26(31(22-10-4-3-5-11-22)25-12-6-8-14-28(25)39-32)20-34-36-30(37)21-40-33-35-27-13-7-9-15-29(27)41-33/h3-20,31H,2,21H2,1H3,(H,36,37)/b34-20-/t31-/m1/s1. The van der Waals surface area contributed by atoms with Crippen molar-refractivity contribution in [2.45, 2.75) is 17.2 Å². The van der Waals surface area contributed by atoms with Crippen molar-refractivity contribution < 1.29 is 14.3 Å². The summed E-state index contributed by atoms with van der Waals surface area (Å²) < 4.78 is 14.1. The van der Waals surface area contributed by atoms with E-state index in [1.54, 1.807) is 17.6 Å². The number of amides is 1. The molecule has 1 amide bonds. The van der Waals surface area contributed by atoms with Gasteiger partial charge in [0.05, 0.1) is 28.8 Å². The molecule has 4 aromatic carbocycles. The molecular formula is C33H27N3O3S2. The first-order valence-electron chi connectivity index (χ1n) is 13.3. The number of nitrogens with one attached hydrogen (secondary N) is 1. The van der Waals surface area contributed by atoms with Crippen molar-refractivity contribution in [1.29, 1.82) is 0 Å². The van der Waals surface area contributed by atoms with Gasteiger partial charge in [-0.15, -0.1) is 11.3 Å². The number of ether oxygens (including phenoxy) is 2. The van der Waals surface area contributed by atoms with Crippen molar-refractivity contribution in [2.75, 3.05) is 12.4 Å². The van der Waals surface area contributed by atoms with Crippen LogP contribution >= 0.6 is 23.1 Å². The van der Waals surface area contributed by atoms with Crippen LogP contribution in [-0.4, -0.2) is 29.5 Å². The molecule has 1 N–H and O–H groups in total. The van der Waals surface area contributed by atoms with Crippen LogP contribution in [-0.2, 0) is 4.79 Å². The van der Waals surface area contributed by atoms with E-state index in [4.69, 9.17) is 9.47 Å². The predicted octanol–water partition coefficient (Wildman–Crippen LogP) is 7.52. The maximum Gasteiger partial charge on any atom is 0.250 e. The lowest BCUT2D eigenvalue weighted by Crippen LogP contribution is -2.22. The Labute approximate surface area is 246 Å². The fraction of sp³-hybridized carbons (Fsp3) is 0.121. The Balaban J connectivity index is 1.29. The number of thioether (sulfide) groups is 1. The van der Waals surface area contributed by atoms with Crippen LogP contribution in [0.1, 0.15) is 29.5 Å². The minimum Gasteiger partial charge on any atom is -0.494 e. The highest BCUT2D eigenvalue weighted by molar-refractivity contribution is 8.01. The summed E-state index contributed by atoms with van der Waals surface area (Å²) in [6.07, 6.45) is 1.71. The highest BCUT2D eigenvalue weighted by atomic mass is 32.2. The molecular weight excluding hydrogens is 551 g/mol. The van der Waals surface area contributed by atoms with E-state index in [1.165, 1.54) is 11.8 Å². The number of rotatable bonds is 9. The molecule has 2 heterocycles. The molecule has 0 saturated carbocycles. The topological polar surface area (TPSA) is 72.8 Å². The van der Waals surface area contributed by atoms with Gasteiger partial charge in [0.2, 0.25) is 0 Å². The molecule has 1 aromatic heterocycles. The number of carbonyl (C=O) groups excluding carboxylic acids is 1. The second-order valence-electron chi connectivity index (χ2n) is 9.25. The number of carbonyl (C=O) groups is 1. The average molecular weight is 578 g/mol. The van der Waals surface area contributed by atoms with Gasteiger partial charge in [0, 0.05) is 22.6 Å². The summed E-state index contributed by atoms with van der Waals surface area (Å²) in [5, 5.41) is 4.40. The van der Waals surface area contributed by atoms with Crippen molar-refractivity contribution in [3.63, 3.8) is 0 Å². The zero-order valence-corrected chi connectivity index (χ0v) is 24.0. The summed E-state index contributed by atoms with van der Waals surface area (Å²) >= 11 is 2.98. The van der Waals surface area contributed by atoms with Gasteiger partial charge in [0.15, 0.2) is 4.34 Å². The first-order valence-corrected chi connectivity index (χ1v) is 15.1. The molecule has 41 heavy (non-hydrogen) atoms. The van der Waals surface area contributed by atoms with Gasteiger partial charge in [-0.3, -0.25) is 4.79 Å². The third kappa shape index (κ3) is 6.04. The Bertz CT molecular complexity index is 1700. The minimum absolute atomic E-state index is 0.138. The molecule has 0 spiro atoms. The SMILES string of the molecule is CCOc1ccc(C2=C(/C=N\NC(=O)CSc3nc4ccccc4s3)[C@H](c3ccccc3)c3ccccc3O2)cc1. The van der Waals surface area contributed by atoms with E-state index in [2.05, 4.69) is 33.7 Å². The van der Waals surface area contributed by atoms with Crippen LogP contribution in [0.2, 0.25) is 0 Å². The van der Waals surface area contributed by atoms with Gasteiger partial charge in [0.1, 0.15) is 17.3 Å². The second kappa shape index (κ2) is 12.4. The number of hydrogen-bond acceptors (Lipinski definition) is 7. The fourth-order valence-corrected chi connectivity index (χ4v) is 6.62. The Morgan fingerprint density at radius 2 is 1.76 bits per heavy atom. The summed E-state index contributed by atoms with van der Waals surface area (Å²) in [7, 11) is 0. The molecule has 0 unspecified atom stereocenters. The van der Waals surface area contributed by atoms with Crippen molar-refractivity contribution in [3.8, 4) is 11.5 Å². The largest absolute Gasteiger partial charge is 0.494 e. The maximum absolute atomic E-state index is 12.7. The summed E-state index contributed by atoms with van der Waals surface area (Å²) in [6, 6.07) is 34.1. The van der Waals surface area contributed by atoms with Crippen molar-refractivity contribution in [3.05, 3.63) is 125 Å². The Kier molecular flexibility index (Phi) is 8.11. The van der Waals surface area contributed by atoms with Gasteiger partial charge < -0.3 is 9.47 Å². The summed E-state index contributed by atoms with van der Waals surface area (Å²) in [5.74, 6) is 2.13.